The summed E-state index contributed by atoms with van der Waals surface area (Å²) in [6.07, 6.45) is 0. The van der Waals surface area contributed by atoms with Gasteiger partial charge < -0.3 is 20.9 Å². The van der Waals surface area contributed by atoms with E-state index in [1.54, 1.807) is 49.6 Å². The summed E-state index contributed by atoms with van der Waals surface area (Å²) < 4.78 is 10.6. The number of carbonyl (C=O) groups excluding carboxylic acids is 1. The lowest BCUT2D eigenvalue weighted by molar-refractivity contribution is 0.1000. The predicted molar refractivity (Wildman–Crippen MR) is 130 cm³/mol. The SMILES string of the molecule is COCCOc1ccc(-c2c(C#N)c(N)nc(SC(C)c3cccc(C(N)=O)c3)c2C#N)cc1. The molecule has 0 fully saturated rings. The van der Waals surface area contributed by atoms with Crippen LogP contribution in [0.1, 0.15) is 39.2 Å². The maximum absolute atomic E-state index is 11.5. The van der Waals surface area contributed by atoms with E-state index >= 15 is 0 Å². The maximum Gasteiger partial charge on any atom is 0.248 e. The number of pyridine rings is 1. The lowest BCUT2D eigenvalue weighted by atomic mass is 9.97. The van der Waals surface area contributed by atoms with E-state index in [-0.39, 0.29) is 22.2 Å². The standard InChI is InChI=1S/C25H23N5O3S/c1-15(17-4-3-5-18(12-17)24(29)31)34-25-21(14-27)22(20(13-26)23(28)30-25)16-6-8-19(9-7-16)33-11-10-32-2/h3-9,12,15H,10-11H2,1-2H3,(H2,28,30)(H2,29,31). The van der Waals surface area contributed by atoms with Gasteiger partial charge in [0.2, 0.25) is 5.91 Å². The highest BCUT2D eigenvalue weighted by atomic mass is 32.2. The lowest BCUT2D eigenvalue weighted by Gasteiger charge is -2.17. The van der Waals surface area contributed by atoms with Crippen LogP contribution in [0, 0.1) is 22.7 Å². The van der Waals surface area contributed by atoms with Crippen molar-refractivity contribution in [2.75, 3.05) is 26.1 Å². The maximum atomic E-state index is 11.5. The Kier molecular flexibility index (Phi) is 8.10. The van der Waals surface area contributed by atoms with Crippen LogP contribution in [-0.4, -0.2) is 31.2 Å². The molecular formula is C25H23N5O3S. The largest absolute Gasteiger partial charge is 0.491 e. The molecule has 4 N–H and O–H groups in total. The lowest BCUT2D eigenvalue weighted by Crippen LogP contribution is -2.11. The van der Waals surface area contributed by atoms with Crippen LogP contribution in [0.25, 0.3) is 11.1 Å². The first kappa shape index (κ1) is 24.6. The number of aromatic nitrogens is 1. The summed E-state index contributed by atoms with van der Waals surface area (Å²) in [5, 5.41) is 20.0. The second-order valence-corrected chi connectivity index (χ2v) is 8.60. The van der Waals surface area contributed by atoms with Gasteiger partial charge in [-0.1, -0.05) is 36.0 Å². The Labute approximate surface area is 202 Å². The monoisotopic (exact) mass is 473 g/mol. The Morgan fingerprint density at radius 1 is 1.12 bits per heavy atom. The summed E-state index contributed by atoms with van der Waals surface area (Å²) in [6, 6.07) is 18.3. The number of amides is 1. The van der Waals surface area contributed by atoms with E-state index < -0.39 is 5.91 Å². The third kappa shape index (κ3) is 5.46. The van der Waals surface area contributed by atoms with Crippen molar-refractivity contribution in [3.8, 4) is 29.0 Å². The van der Waals surface area contributed by atoms with Crippen LogP contribution >= 0.6 is 11.8 Å². The second kappa shape index (κ2) is 11.2. The van der Waals surface area contributed by atoms with Gasteiger partial charge in [-0.3, -0.25) is 4.79 Å². The van der Waals surface area contributed by atoms with Gasteiger partial charge in [-0.25, -0.2) is 4.98 Å². The van der Waals surface area contributed by atoms with Crippen molar-refractivity contribution in [1.29, 1.82) is 10.5 Å². The molecule has 0 saturated carbocycles. The zero-order chi connectivity index (χ0) is 24.7. The zero-order valence-electron chi connectivity index (χ0n) is 18.7. The van der Waals surface area contributed by atoms with Crippen molar-refractivity contribution in [2.24, 2.45) is 5.73 Å². The molecule has 2 aromatic carbocycles. The van der Waals surface area contributed by atoms with Gasteiger partial charge in [0.15, 0.2) is 0 Å². The Bertz CT molecular complexity index is 1280. The summed E-state index contributed by atoms with van der Waals surface area (Å²) in [5.41, 5.74) is 14.2. The number of rotatable bonds is 9. The van der Waals surface area contributed by atoms with Crippen LogP contribution in [0.5, 0.6) is 5.75 Å². The van der Waals surface area contributed by atoms with Gasteiger partial charge >= 0.3 is 0 Å². The molecule has 0 aliphatic rings. The number of hydrogen-bond acceptors (Lipinski definition) is 8. The summed E-state index contributed by atoms with van der Waals surface area (Å²) in [6.45, 7) is 2.79. The van der Waals surface area contributed by atoms with Crippen molar-refractivity contribution in [3.63, 3.8) is 0 Å². The highest BCUT2D eigenvalue weighted by Gasteiger charge is 2.22. The predicted octanol–water partition coefficient (Wildman–Crippen LogP) is 4.05. The molecule has 1 unspecified atom stereocenters. The van der Waals surface area contributed by atoms with E-state index in [0.29, 0.717) is 40.7 Å². The molecule has 1 aromatic heterocycles. The second-order valence-electron chi connectivity index (χ2n) is 7.27. The fourth-order valence-electron chi connectivity index (χ4n) is 3.31. The molecule has 34 heavy (non-hydrogen) atoms. The van der Waals surface area contributed by atoms with Gasteiger partial charge in [0.1, 0.15) is 40.9 Å². The Morgan fingerprint density at radius 2 is 1.82 bits per heavy atom. The average molecular weight is 474 g/mol. The van der Waals surface area contributed by atoms with Gasteiger partial charge in [0, 0.05) is 23.5 Å². The third-order valence-corrected chi connectivity index (χ3v) is 6.19. The minimum atomic E-state index is -0.519. The number of hydrogen-bond donors (Lipinski definition) is 2. The molecule has 172 valence electrons. The van der Waals surface area contributed by atoms with Gasteiger partial charge in [0.05, 0.1) is 12.2 Å². The Hall–Kier alpha value is -4.05. The molecule has 9 heteroatoms. The van der Waals surface area contributed by atoms with E-state index in [1.165, 1.54) is 11.8 Å². The Morgan fingerprint density at radius 3 is 2.44 bits per heavy atom. The molecule has 0 aliphatic heterocycles. The molecule has 1 amide bonds. The number of nitrogen functional groups attached to an aromatic ring is 1. The molecule has 1 heterocycles. The van der Waals surface area contributed by atoms with Crippen molar-refractivity contribution in [2.45, 2.75) is 17.2 Å². The molecule has 0 bridgehead atoms. The number of ether oxygens (including phenoxy) is 2. The quantitative estimate of drug-likeness (QED) is 0.349. The normalized spacial score (nSPS) is 11.3. The minimum Gasteiger partial charge on any atom is -0.491 e. The first-order chi connectivity index (χ1) is 16.4. The van der Waals surface area contributed by atoms with Crippen molar-refractivity contribution in [3.05, 3.63) is 70.8 Å². The van der Waals surface area contributed by atoms with Crippen molar-refractivity contribution < 1.29 is 14.3 Å². The zero-order valence-corrected chi connectivity index (χ0v) is 19.6. The average Bonchev–Trinajstić information content (AvgIpc) is 2.84. The van der Waals surface area contributed by atoms with E-state index in [9.17, 15) is 15.3 Å². The van der Waals surface area contributed by atoms with E-state index in [2.05, 4.69) is 17.1 Å². The number of thioether (sulfide) groups is 1. The molecule has 8 nitrogen and oxygen atoms in total. The fourth-order valence-corrected chi connectivity index (χ4v) is 4.35. The number of methoxy groups -OCH3 is 1. The van der Waals surface area contributed by atoms with Crippen molar-refractivity contribution >= 4 is 23.5 Å². The smallest absolute Gasteiger partial charge is 0.248 e. The molecule has 0 aliphatic carbocycles. The molecule has 3 rings (SSSR count). The van der Waals surface area contributed by atoms with Crippen LogP contribution in [-0.2, 0) is 4.74 Å². The number of nitrogens with zero attached hydrogens (tertiary/aromatic N) is 3. The topological polar surface area (TPSA) is 148 Å². The molecule has 0 saturated heterocycles. The first-order valence-corrected chi connectivity index (χ1v) is 11.2. The molecule has 0 spiro atoms. The van der Waals surface area contributed by atoms with Gasteiger partial charge in [0.25, 0.3) is 0 Å². The number of nitriles is 2. The van der Waals surface area contributed by atoms with Crippen molar-refractivity contribution in [1.82, 2.24) is 4.98 Å². The third-order valence-electron chi connectivity index (χ3n) is 5.04. The molecule has 0 radical (unpaired) electrons. The highest BCUT2D eigenvalue weighted by molar-refractivity contribution is 7.99. The van der Waals surface area contributed by atoms with Crippen LogP contribution in [0.4, 0.5) is 5.82 Å². The minimum absolute atomic E-state index is 0.0394. The van der Waals surface area contributed by atoms with E-state index in [0.717, 1.165) is 5.56 Å². The van der Waals surface area contributed by atoms with Crippen LogP contribution in [0.15, 0.2) is 53.6 Å². The number of carbonyl (C=O) groups is 1. The molecule has 1 atom stereocenters. The first-order valence-electron chi connectivity index (χ1n) is 10.3. The summed E-state index contributed by atoms with van der Waals surface area (Å²) >= 11 is 1.31. The molecule has 3 aromatic rings. The number of benzene rings is 2. The summed E-state index contributed by atoms with van der Waals surface area (Å²) in [4.78, 5) is 15.9. The van der Waals surface area contributed by atoms with Crippen LogP contribution < -0.4 is 16.2 Å². The van der Waals surface area contributed by atoms with Crippen LogP contribution in [0.2, 0.25) is 0 Å². The summed E-state index contributed by atoms with van der Waals surface area (Å²) in [5.74, 6) is 0.157. The van der Waals surface area contributed by atoms with E-state index in [4.69, 9.17) is 20.9 Å². The highest BCUT2D eigenvalue weighted by Crippen LogP contribution is 2.41. The summed E-state index contributed by atoms with van der Waals surface area (Å²) in [7, 11) is 1.60. The Balaban J connectivity index is 2.01. The van der Waals surface area contributed by atoms with Crippen LogP contribution in [0.3, 0.4) is 0 Å². The number of nitrogens with two attached hydrogens (primary N) is 2. The van der Waals surface area contributed by atoms with Gasteiger partial charge in [-0.15, -0.1) is 0 Å². The fraction of sp³-hybridized carbons (Fsp3) is 0.200. The van der Waals surface area contributed by atoms with E-state index in [1.807, 2.05) is 13.0 Å². The number of anilines is 1. The number of primary amides is 1. The molecular weight excluding hydrogens is 450 g/mol. The van der Waals surface area contributed by atoms with Gasteiger partial charge in [-0.05, 0) is 42.3 Å². The van der Waals surface area contributed by atoms with Gasteiger partial charge in [-0.2, -0.15) is 10.5 Å².